The van der Waals surface area contributed by atoms with Gasteiger partial charge in [-0.25, -0.2) is 14.8 Å². The zero-order valence-corrected chi connectivity index (χ0v) is 10.1. The summed E-state index contributed by atoms with van der Waals surface area (Å²) in [6.07, 6.45) is -0.439. The van der Waals surface area contributed by atoms with Gasteiger partial charge in [0.2, 0.25) is 0 Å². The predicted octanol–water partition coefficient (Wildman–Crippen LogP) is 1.48. The molecule has 86 valence electrons. The van der Waals surface area contributed by atoms with Gasteiger partial charge in [0, 0.05) is 18.0 Å². The van der Waals surface area contributed by atoms with E-state index in [4.69, 9.17) is 9.47 Å². The Morgan fingerprint density at radius 1 is 1.56 bits per heavy atom. The number of aromatic nitrogens is 1. The number of nitrogens with zero attached hydrogens (tertiary/aromatic N) is 2. The first-order valence-corrected chi connectivity index (χ1v) is 5.70. The molecule has 0 aromatic carbocycles. The highest BCUT2D eigenvalue weighted by Gasteiger charge is 2.38. The molecule has 0 N–H and O–H groups in total. The average molecular weight is 240 g/mol. The molecule has 1 aliphatic heterocycles. The molecule has 2 rings (SSSR count). The highest BCUT2D eigenvalue weighted by molar-refractivity contribution is 7.09. The van der Waals surface area contributed by atoms with Crippen molar-refractivity contribution >= 4 is 23.2 Å². The van der Waals surface area contributed by atoms with Crippen molar-refractivity contribution in [1.82, 2.24) is 4.98 Å². The van der Waals surface area contributed by atoms with Crippen LogP contribution in [0.1, 0.15) is 23.7 Å². The molecule has 2 atom stereocenters. The lowest BCUT2D eigenvalue weighted by molar-refractivity contribution is -0.143. The number of carbonyl (C=O) groups is 1. The minimum atomic E-state index is -0.629. The maximum atomic E-state index is 11.5. The van der Waals surface area contributed by atoms with E-state index < -0.39 is 18.1 Å². The van der Waals surface area contributed by atoms with Crippen LogP contribution < -0.4 is 0 Å². The van der Waals surface area contributed by atoms with Crippen molar-refractivity contribution in [2.75, 3.05) is 7.11 Å². The van der Waals surface area contributed by atoms with E-state index in [1.807, 2.05) is 12.3 Å². The Kier molecular flexibility index (Phi) is 2.91. The highest BCUT2D eigenvalue weighted by atomic mass is 32.1. The minimum Gasteiger partial charge on any atom is -0.468 e. The van der Waals surface area contributed by atoms with Gasteiger partial charge < -0.3 is 9.47 Å². The summed E-state index contributed by atoms with van der Waals surface area (Å²) in [4.78, 5) is 19.9. The summed E-state index contributed by atoms with van der Waals surface area (Å²) < 4.78 is 10.2. The van der Waals surface area contributed by atoms with Gasteiger partial charge in [-0.15, -0.1) is 11.3 Å². The van der Waals surface area contributed by atoms with E-state index in [0.717, 1.165) is 10.7 Å². The molecule has 5 nitrogen and oxygen atoms in total. The molecule has 0 bridgehead atoms. The van der Waals surface area contributed by atoms with Crippen LogP contribution in [-0.4, -0.2) is 30.0 Å². The number of rotatable bonds is 2. The Labute approximate surface area is 97.1 Å². The summed E-state index contributed by atoms with van der Waals surface area (Å²) in [5.41, 5.74) is 0.914. The van der Waals surface area contributed by atoms with Crippen LogP contribution in [0.3, 0.4) is 0 Å². The minimum absolute atomic E-state index is 0.394. The van der Waals surface area contributed by atoms with Gasteiger partial charge in [0.25, 0.3) is 0 Å². The first kappa shape index (κ1) is 11.1. The molecule has 0 saturated carbocycles. The fourth-order valence-electron chi connectivity index (χ4n) is 1.53. The predicted molar refractivity (Wildman–Crippen MR) is 59.6 cm³/mol. The second kappa shape index (κ2) is 4.21. The third-order valence-corrected chi connectivity index (χ3v) is 3.25. The van der Waals surface area contributed by atoms with E-state index in [9.17, 15) is 4.79 Å². The van der Waals surface area contributed by atoms with E-state index in [2.05, 4.69) is 9.98 Å². The first-order chi connectivity index (χ1) is 7.61. The van der Waals surface area contributed by atoms with Crippen molar-refractivity contribution in [3.63, 3.8) is 0 Å². The lowest BCUT2D eigenvalue weighted by Gasteiger charge is -2.12. The average Bonchev–Trinajstić information content (AvgIpc) is 2.83. The van der Waals surface area contributed by atoms with Crippen LogP contribution >= 0.6 is 11.3 Å². The maximum Gasteiger partial charge on any atom is 0.335 e. The van der Waals surface area contributed by atoms with E-state index in [0.29, 0.717) is 5.90 Å². The van der Waals surface area contributed by atoms with Crippen LogP contribution in [0.15, 0.2) is 10.4 Å². The second-order valence-electron chi connectivity index (χ2n) is 3.48. The van der Waals surface area contributed by atoms with Crippen LogP contribution in [-0.2, 0) is 14.3 Å². The summed E-state index contributed by atoms with van der Waals surface area (Å²) in [6, 6.07) is -0.629. The quantitative estimate of drug-likeness (QED) is 0.735. The number of carbonyl (C=O) groups excluding carboxylic acids is 1. The Bertz CT molecular complexity index is 441. The van der Waals surface area contributed by atoms with Crippen molar-refractivity contribution in [2.45, 2.75) is 26.0 Å². The van der Waals surface area contributed by atoms with Gasteiger partial charge >= 0.3 is 5.97 Å². The second-order valence-corrected chi connectivity index (χ2v) is 4.37. The van der Waals surface area contributed by atoms with E-state index in [-0.39, 0.29) is 0 Å². The molecule has 2 unspecified atom stereocenters. The summed E-state index contributed by atoms with van der Waals surface area (Å²) in [7, 11) is 1.34. The molecule has 0 amide bonds. The number of hydrogen-bond acceptors (Lipinski definition) is 6. The molecule has 6 heteroatoms. The molecule has 0 saturated heterocycles. The molecular formula is C10H12N2O3S. The van der Waals surface area contributed by atoms with Gasteiger partial charge in [-0.3, -0.25) is 0 Å². The number of hydrogen-bond donors (Lipinski definition) is 0. The third-order valence-electron chi connectivity index (χ3n) is 2.23. The summed E-state index contributed by atoms with van der Waals surface area (Å²) in [5.74, 6) is 0.1000. The van der Waals surface area contributed by atoms with Gasteiger partial charge in [-0.2, -0.15) is 0 Å². The zero-order chi connectivity index (χ0) is 11.7. The summed E-state index contributed by atoms with van der Waals surface area (Å²) in [5, 5.41) is 2.68. The van der Waals surface area contributed by atoms with Crippen LogP contribution in [0.4, 0.5) is 0 Å². The van der Waals surface area contributed by atoms with Crippen molar-refractivity contribution in [3.05, 3.63) is 16.1 Å². The fraction of sp³-hybridized carbons (Fsp3) is 0.500. The Balaban J connectivity index is 2.25. The lowest BCUT2D eigenvalue weighted by Crippen LogP contribution is -2.25. The number of ether oxygens (including phenoxy) is 2. The van der Waals surface area contributed by atoms with Gasteiger partial charge in [0.05, 0.1) is 7.11 Å². The molecular weight excluding hydrogens is 228 g/mol. The number of methoxy groups -OCH3 is 1. The van der Waals surface area contributed by atoms with Gasteiger partial charge in [-0.05, 0) is 6.92 Å². The molecule has 1 aromatic rings. The molecule has 0 aliphatic carbocycles. The summed E-state index contributed by atoms with van der Waals surface area (Å²) in [6.45, 7) is 3.62. The Hall–Kier alpha value is -1.43. The topological polar surface area (TPSA) is 60.8 Å². The number of aryl methyl sites for hydroxylation is 1. The van der Waals surface area contributed by atoms with Gasteiger partial charge in [-0.1, -0.05) is 0 Å². The van der Waals surface area contributed by atoms with Gasteiger partial charge in [0.1, 0.15) is 5.01 Å². The molecule has 0 spiro atoms. The standard InChI is InChI=1S/C10H12N2O3S/c1-5-4-16-9(11-5)8-7(10(13)14-3)12-6(2)15-8/h4,7-8H,1-3H3. The zero-order valence-electron chi connectivity index (χ0n) is 9.26. The van der Waals surface area contributed by atoms with Crippen LogP contribution in [0.25, 0.3) is 0 Å². The van der Waals surface area contributed by atoms with Crippen molar-refractivity contribution in [2.24, 2.45) is 4.99 Å². The van der Waals surface area contributed by atoms with Crippen LogP contribution in [0.2, 0.25) is 0 Å². The van der Waals surface area contributed by atoms with E-state index >= 15 is 0 Å². The number of esters is 1. The van der Waals surface area contributed by atoms with Crippen molar-refractivity contribution < 1.29 is 14.3 Å². The van der Waals surface area contributed by atoms with Crippen molar-refractivity contribution in [3.8, 4) is 0 Å². The monoisotopic (exact) mass is 240 g/mol. The highest BCUT2D eigenvalue weighted by Crippen LogP contribution is 2.31. The van der Waals surface area contributed by atoms with Crippen LogP contribution in [0, 0.1) is 6.92 Å². The molecule has 1 aromatic heterocycles. The fourth-order valence-corrected chi connectivity index (χ4v) is 2.38. The molecule has 1 aliphatic rings. The van der Waals surface area contributed by atoms with E-state index in [1.54, 1.807) is 6.92 Å². The Morgan fingerprint density at radius 3 is 2.88 bits per heavy atom. The molecule has 0 radical (unpaired) electrons. The Morgan fingerprint density at radius 2 is 2.31 bits per heavy atom. The molecule has 2 heterocycles. The lowest BCUT2D eigenvalue weighted by atomic mass is 10.2. The smallest absolute Gasteiger partial charge is 0.335 e. The normalized spacial score (nSPS) is 23.8. The summed E-state index contributed by atoms with van der Waals surface area (Å²) >= 11 is 1.46. The number of thiazole rings is 1. The SMILES string of the molecule is COC(=O)C1N=C(C)OC1c1nc(C)cs1. The van der Waals surface area contributed by atoms with Gasteiger partial charge in [0.15, 0.2) is 18.0 Å². The third kappa shape index (κ3) is 1.92. The van der Waals surface area contributed by atoms with Crippen molar-refractivity contribution in [1.29, 1.82) is 0 Å². The first-order valence-electron chi connectivity index (χ1n) is 4.82. The number of aliphatic imine (C=N–C) groups is 1. The van der Waals surface area contributed by atoms with Crippen LogP contribution in [0.5, 0.6) is 0 Å². The van der Waals surface area contributed by atoms with E-state index in [1.165, 1.54) is 18.4 Å². The largest absolute Gasteiger partial charge is 0.468 e. The maximum absolute atomic E-state index is 11.5. The molecule has 0 fully saturated rings. The molecule has 16 heavy (non-hydrogen) atoms.